The van der Waals surface area contributed by atoms with E-state index in [1.165, 1.54) is 19.9 Å². The van der Waals surface area contributed by atoms with Crippen LogP contribution >= 0.6 is 22.6 Å². The normalized spacial score (nSPS) is 16.5. The van der Waals surface area contributed by atoms with Gasteiger partial charge < -0.3 is 0 Å². The Hall–Kier alpha value is -2.23. The molecule has 0 saturated carbocycles. The van der Waals surface area contributed by atoms with Crippen LogP contribution in [-0.2, 0) is 15.5 Å². The Morgan fingerprint density at radius 3 is 2.03 bits per heavy atom. The molecule has 1 heterocycles. The second-order valence-corrected chi connectivity index (χ2v) is 12.6. The highest BCUT2D eigenvalue weighted by molar-refractivity contribution is 14.1. The lowest BCUT2D eigenvalue weighted by atomic mass is 9.92. The second kappa shape index (κ2) is 9.20. The minimum atomic E-state index is -6.29. The topological polar surface area (TPSA) is 66.8 Å². The SMILES string of the molecule is Cc1cc(C(F)(C(F)(F)F)C(F)(F)F)ccc1N1C(=O)c2c(I)cccc2C1=NC(C)(C)CS(C)(=O)=O. The molecule has 5 nitrogen and oxygen atoms in total. The summed E-state index contributed by atoms with van der Waals surface area (Å²) in [5.41, 5.74) is -8.52. The zero-order valence-electron chi connectivity index (χ0n) is 19.7. The lowest BCUT2D eigenvalue weighted by Crippen LogP contribution is -2.50. The van der Waals surface area contributed by atoms with Gasteiger partial charge >= 0.3 is 18.0 Å². The molecule has 2 aromatic carbocycles. The predicted octanol–water partition coefficient (Wildman–Crippen LogP) is 6.12. The number of carbonyl (C=O) groups is 1. The number of alkyl halides is 7. The van der Waals surface area contributed by atoms with Gasteiger partial charge in [-0.3, -0.25) is 14.7 Å². The maximum atomic E-state index is 14.6. The molecule has 0 unspecified atom stereocenters. The first-order valence-electron chi connectivity index (χ1n) is 10.4. The summed E-state index contributed by atoms with van der Waals surface area (Å²) in [7, 11) is -3.53. The molecule has 0 N–H and O–H groups in total. The van der Waals surface area contributed by atoms with Gasteiger partial charge in [0.25, 0.3) is 5.91 Å². The van der Waals surface area contributed by atoms with E-state index in [2.05, 4.69) is 4.99 Å². The fourth-order valence-electron chi connectivity index (χ4n) is 4.16. The van der Waals surface area contributed by atoms with Gasteiger partial charge in [-0.25, -0.2) is 12.8 Å². The van der Waals surface area contributed by atoms with Crippen LogP contribution in [0.5, 0.6) is 0 Å². The molecule has 14 heteroatoms. The number of fused-ring (bicyclic) bond motifs is 1. The molecular weight excluding hydrogens is 644 g/mol. The van der Waals surface area contributed by atoms with Crippen molar-refractivity contribution in [3.05, 3.63) is 62.2 Å². The highest BCUT2D eigenvalue weighted by atomic mass is 127. The number of hydrogen-bond donors (Lipinski definition) is 0. The van der Waals surface area contributed by atoms with Crippen LogP contribution in [0.4, 0.5) is 36.4 Å². The predicted molar refractivity (Wildman–Crippen MR) is 132 cm³/mol. The number of hydrogen-bond acceptors (Lipinski definition) is 4. The minimum absolute atomic E-state index is 0.0406. The number of benzene rings is 2. The number of halogens is 8. The summed E-state index contributed by atoms with van der Waals surface area (Å²) in [6.07, 6.45) is -11.6. The molecule has 1 aliphatic heterocycles. The van der Waals surface area contributed by atoms with Crippen LogP contribution in [0, 0.1) is 10.5 Å². The van der Waals surface area contributed by atoms with E-state index in [4.69, 9.17) is 0 Å². The number of rotatable bonds is 5. The van der Waals surface area contributed by atoms with Crippen molar-refractivity contribution in [2.75, 3.05) is 16.9 Å². The molecule has 37 heavy (non-hydrogen) atoms. The monoisotopic (exact) mass is 664 g/mol. The van der Waals surface area contributed by atoms with E-state index in [0.717, 1.165) is 24.1 Å². The van der Waals surface area contributed by atoms with E-state index in [0.29, 0.717) is 21.3 Å². The number of aryl methyl sites for hydroxylation is 1. The highest BCUT2D eigenvalue weighted by Gasteiger charge is 2.73. The average molecular weight is 664 g/mol. The van der Waals surface area contributed by atoms with Gasteiger partial charge in [-0.1, -0.05) is 24.3 Å². The van der Waals surface area contributed by atoms with Gasteiger partial charge in [-0.05, 0) is 61.1 Å². The van der Waals surface area contributed by atoms with Crippen LogP contribution in [-0.4, -0.2) is 50.1 Å². The van der Waals surface area contributed by atoms with Crippen LogP contribution in [0.15, 0.2) is 41.4 Å². The lowest BCUT2D eigenvalue weighted by Gasteiger charge is -2.31. The number of anilines is 1. The Balaban J connectivity index is 2.25. The van der Waals surface area contributed by atoms with Gasteiger partial charge in [0.05, 0.1) is 22.5 Å². The van der Waals surface area contributed by atoms with Gasteiger partial charge in [0.2, 0.25) is 0 Å². The third kappa shape index (κ3) is 5.36. The van der Waals surface area contributed by atoms with Crippen molar-refractivity contribution < 1.29 is 43.9 Å². The van der Waals surface area contributed by atoms with Crippen molar-refractivity contribution in [1.82, 2.24) is 0 Å². The smallest absolute Gasteiger partial charge is 0.268 e. The number of nitrogens with zero attached hydrogens (tertiary/aromatic N) is 2. The number of amidine groups is 1. The van der Waals surface area contributed by atoms with Gasteiger partial charge in [-0.2, -0.15) is 26.3 Å². The summed E-state index contributed by atoms with van der Waals surface area (Å²) >= 11 is 1.88. The molecule has 0 radical (unpaired) electrons. The third-order valence-corrected chi connectivity index (χ3v) is 7.65. The Morgan fingerprint density at radius 1 is 0.973 bits per heavy atom. The quantitative estimate of drug-likeness (QED) is 0.286. The fraction of sp³-hybridized carbons (Fsp3) is 0.391. The lowest BCUT2D eigenvalue weighted by molar-refractivity contribution is -0.348. The second-order valence-electron chi connectivity index (χ2n) is 9.28. The Kier molecular flexibility index (Phi) is 7.30. The first kappa shape index (κ1) is 29.3. The van der Waals surface area contributed by atoms with Crippen LogP contribution in [0.25, 0.3) is 0 Å². The molecule has 0 aliphatic carbocycles. The van der Waals surface area contributed by atoms with Crippen molar-refractivity contribution in [1.29, 1.82) is 0 Å². The van der Waals surface area contributed by atoms with Crippen LogP contribution < -0.4 is 4.90 Å². The fourth-order valence-corrected chi connectivity index (χ4v) is 6.24. The Labute approximate surface area is 221 Å². The van der Waals surface area contributed by atoms with Crippen LogP contribution in [0.3, 0.4) is 0 Å². The van der Waals surface area contributed by atoms with Gasteiger partial charge in [-0.15, -0.1) is 0 Å². The number of aliphatic imine (C=N–C) groups is 1. The number of sulfone groups is 1. The summed E-state index contributed by atoms with van der Waals surface area (Å²) in [6.45, 7) is 4.12. The van der Waals surface area contributed by atoms with Crippen molar-refractivity contribution in [2.24, 2.45) is 4.99 Å². The molecule has 0 atom stereocenters. The number of amides is 1. The molecule has 0 spiro atoms. The number of carbonyl (C=O) groups excluding carboxylic acids is 1. The Bertz CT molecular complexity index is 1390. The van der Waals surface area contributed by atoms with E-state index in [9.17, 15) is 43.9 Å². The molecule has 2 aromatic rings. The molecule has 3 rings (SSSR count). The molecule has 0 saturated heterocycles. The van der Waals surface area contributed by atoms with E-state index >= 15 is 0 Å². The van der Waals surface area contributed by atoms with Crippen molar-refractivity contribution in [2.45, 2.75) is 44.3 Å². The van der Waals surface area contributed by atoms with Gasteiger partial charge in [0.1, 0.15) is 15.7 Å². The summed E-state index contributed by atoms with van der Waals surface area (Å²) in [5, 5.41) is 0. The third-order valence-electron chi connectivity index (χ3n) is 5.52. The summed E-state index contributed by atoms with van der Waals surface area (Å²) in [6, 6.07) is 6.25. The minimum Gasteiger partial charge on any atom is -0.268 e. The van der Waals surface area contributed by atoms with Crippen molar-refractivity contribution >= 4 is 49.9 Å². The molecule has 1 aliphatic rings. The average Bonchev–Trinajstić information content (AvgIpc) is 2.96. The van der Waals surface area contributed by atoms with E-state index in [-0.39, 0.29) is 22.6 Å². The van der Waals surface area contributed by atoms with E-state index < -0.39 is 50.6 Å². The molecule has 202 valence electrons. The molecule has 0 bridgehead atoms. The van der Waals surface area contributed by atoms with Gasteiger partial charge in [0, 0.05) is 21.0 Å². The van der Waals surface area contributed by atoms with Gasteiger partial charge in [0.15, 0.2) is 0 Å². The summed E-state index contributed by atoms with van der Waals surface area (Å²) in [4.78, 5) is 18.9. The summed E-state index contributed by atoms with van der Waals surface area (Å²) in [5.74, 6) is -1.13. The molecule has 0 aromatic heterocycles. The first-order chi connectivity index (χ1) is 16.6. The first-order valence-corrected chi connectivity index (χ1v) is 13.6. The van der Waals surface area contributed by atoms with Crippen LogP contribution in [0.1, 0.15) is 40.9 Å². The van der Waals surface area contributed by atoms with E-state index in [1.54, 1.807) is 12.1 Å². The molecular formula is C23H20F7IN2O3S. The maximum absolute atomic E-state index is 14.6. The largest absolute Gasteiger partial charge is 0.435 e. The molecule has 0 fully saturated rings. The highest BCUT2D eigenvalue weighted by Crippen LogP contribution is 2.53. The summed E-state index contributed by atoms with van der Waals surface area (Å²) < 4.78 is 118. The maximum Gasteiger partial charge on any atom is 0.435 e. The Morgan fingerprint density at radius 2 is 1.54 bits per heavy atom. The van der Waals surface area contributed by atoms with E-state index in [1.807, 2.05) is 22.6 Å². The molecule has 1 amide bonds. The van der Waals surface area contributed by atoms with Crippen molar-refractivity contribution in [3.63, 3.8) is 0 Å². The van der Waals surface area contributed by atoms with Crippen molar-refractivity contribution in [3.8, 4) is 0 Å². The zero-order chi connectivity index (χ0) is 28.4. The zero-order valence-corrected chi connectivity index (χ0v) is 22.7. The standard InChI is InChI=1S/C23H20F7IN2O3S/c1-12-10-13(21(24,22(25,26)27)23(28,29)30)8-9-16(12)33-18(32-20(2,3)11-37(4,35)36)14-6-5-7-15(31)17(14)19(33)34/h5-10H,11H2,1-4H3. The van der Waals surface area contributed by atoms with Crippen LogP contribution in [0.2, 0.25) is 0 Å².